The zero-order valence-electron chi connectivity index (χ0n) is 20.8. The highest BCUT2D eigenvalue weighted by atomic mass is 14.7. The van der Waals surface area contributed by atoms with Crippen molar-refractivity contribution >= 4 is 0 Å². The van der Waals surface area contributed by atoms with Gasteiger partial charge in [-0.2, -0.15) is 0 Å². The fourth-order valence-electron chi connectivity index (χ4n) is 11.4. The SMILES string of the molecule is CC(C)[C@H]1CC[C@]2(C)[C@H]3CC[C@@H]4[C@H]5CCCC(C)(C)[C@@H]5CC[C@@]4(C)[C@]3(C)CC[C@@H]12. The van der Waals surface area contributed by atoms with Gasteiger partial charge in [0.15, 0.2) is 0 Å². The minimum absolute atomic E-state index is 0.597. The molecule has 0 bridgehead atoms. The Morgan fingerprint density at radius 3 is 2.03 bits per heavy atom. The second-order valence-corrected chi connectivity index (χ2v) is 14.4. The molecule has 0 aliphatic heterocycles. The van der Waals surface area contributed by atoms with Gasteiger partial charge >= 0.3 is 0 Å². The zero-order valence-corrected chi connectivity index (χ0v) is 20.8. The molecule has 166 valence electrons. The summed E-state index contributed by atoms with van der Waals surface area (Å²) in [5, 5.41) is 0. The van der Waals surface area contributed by atoms with Crippen LogP contribution in [0.5, 0.6) is 0 Å². The zero-order chi connectivity index (χ0) is 20.8. The van der Waals surface area contributed by atoms with Gasteiger partial charge in [-0.25, -0.2) is 0 Å². The van der Waals surface area contributed by atoms with E-state index in [-0.39, 0.29) is 0 Å². The van der Waals surface area contributed by atoms with Crippen LogP contribution in [0.3, 0.4) is 0 Å². The third kappa shape index (κ3) is 2.62. The van der Waals surface area contributed by atoms with Crippen molar-refractivity contribution in [1.29, 1.82) is 0 Å². The molecule has 0 heterocycles. The first kappa shape index (κ1) is 20.9. The summed E-state index contributed by atoms with van der Waals surface area (Å²) in [6.07, 6.45) is 16.8. The van der Waals surface area contributed by atoms with Gasteiger partial charge in [-0.15, -0.1) is 0 Å². The predicted octanol–water partition coefficient (Wildman–Crippen LogP) is 8.74. The number of fused-ring (bicyclic) bond motifs is 7. The second-order valence-electron chi connectivity index (χ2n) is 14.4. The molecule has 0 nitrogen and oxygen atoms in total. The van der Waals surface area contributed by atoms with Crippen LogP contribution < -0.4 is 0 Å². The van der Waals surface area contributed by atoms with Crippen LogP contribution in [-0.2, 0) is 0 Å². The van der Waals surface area contributed by atoms with E-state index in [1.807, 2.05) is 0 Å². The van der Waals surface area contributed by atoms with E-state index >= 15 is 0 Å². The van der Waals surface area contributed by atoms with Gasteiger partial charge in [-0.05, 0) is 127 Å². The predicted molar refractivity (Wildman–Crippen MR) is 125 cm³/mol. The fourth-order valence-corrected chi connectivity index (χ4v) is 11.4. The van der Waals surface area contributed by atoms with E-state index in [2.05, 4.69) is 48.5 Å². The number of hydrogen-bond acceptors (Lipinski definition) is 0. The molecular formula is C29H50. The van der Waals surface area contributed by atoms with Gasteiger partial charge in [0.25, 0.3) is 0 Å². The topological polar surface area (TPSA) is 0 Å². The van der Waals surface area contributed by atoms with Gasteiger partial charge in [-0.3, -0.25) is 0 Å². The first-order chi connectivity index (χ1) is 13.5. The molecule has 0 radical (unpaired) electrons. The highest BCUT2D eigenvalue weighted by Crippen LogP contribution is 2.75. The summed E-state index contributed by atoms with van der Waals surface area (Å²) < 4.78 is 0. The molecule has 9 atom stereocenters. The van der Waals surface area contributed by atoms with Crippen LogP contribution in [-0.4, -0.2) is 0 Å². The third-order valence-corrected chi connectivity index (χ3v) is 13.0. The van der Waals surface area contributed by atoms with Crippen molar-refractivity contribution in [2.24, 2.45) is 63.1 Å². The van der Waals surface area contributed by atoms with Crippen LogP contribution in [0, 0.1) is 63.1 Å². The van der Waals surface area contributed by atoms with Crippen molar-refractivity contribution in [3.8, 4) is 0 Å². The lowest BCUT2D eigenvalue weighted by Gasteiger charge is -2.70. The lowest BCUT2D eigenvalue weighted by atomic mass is 9.34. The highest BCUT2D eigenvalue weighted by molar-refractivity contribution is 5.16. The monoisotopic (exact) mass is 398 g/mol. The van der Waals surface area contributed by atoms with Crippen molar-refractivity contribution in [3.63, 3.8) is 0 Å². The fraction of sp³-hybridized carbons (Fsp3) is 1.00. The van der Waals surface area contributed by atoms with Gasteiger partial charge < -0.3 is 0 Å². The maximum absolute atomic E-state index is 2.81. The first-order valence-electron chi connectivity index (χ1n) is 13.5. The molecule has 0 unspecified atom stereocenters. The van der Waals surface area contributed by atoms with Crippen LogP contribution in [0.1, 0.15) is 119 Å². The van der Waals surface area contributed by atoms with Crippen LogP contribution in [0.15, 0.2) is 0 Å². The van der Waals surface area contributed by atoms with Crippen LogP contribution in [0.4, 0.5) is 0 Å². The Hall–Kier alpha value is 0. The molecule has 5 aliphatic carbocycles. The van der Waals surface area contributed by atoms with E-state index in [4.69, 9.17) is 0 Å². The second kappa shape index (κ2) is 6.51. The molecule has 0 amide bonds. The lowest BCUT2D eigenvalue weighted by molar-refractivity contribution is -0.216. The average Bonchev–Trinajstić information content (AvgIpc) is 2.99. The normalized spacial score (nSPS) is 56.3. The van der Waals surface area contributed by atoms with Crippen molar-refractivity contribution in [3.05, 3.63) is 0 Å². The minimum atomic E-state index is 0.597. The van der Waals surface area contributed by atoms with Crippen LogP contribution in [0.2, 0.25) is 0 Å². The number of rotatable bonds is 1. The van der Waals surface area contributed by atoms with Crippen molar-refractivity contribution in [2.75, 3.05) is 0 Å². The molecular weight excluding hydrogens is 348 g/mol. The Kier molecular flexibility index (Phi) is 4.69. The molecule has 0 N–H and O–H groups in total. The molecule has 5 saturated carbocycles. The summed E-state index contributed by atoms with van der Waals surface area (Å²) in [5.41, 5.74) is 2.44. The average molecular weight is 399 g/mol. The molecule has 0 aromatic heterocycles. The summed E-state index contributed by atoms with van der Waals surface area (Å²) in [5.74, 6) is 6.97. The Balaban J connectivity index is 1.48. The van der Waals surface area contributed by atoms with E-state index in [9.17, 15) is 0 Å². The lowest BCUT2D eigenvalue weighted by Crippen LogP contribution is -2.63. The molecule has 5 fully saturated rings. The quantitative estimate of drug-likeness (QED) is 0.414. The van der Waals surface area contributed by atoms with Crippen molar-refractivity contribution in [1.82, 2.24) is 0 Å². The minimum Gasteiger partial charge on any atom is -0.0625 e. The van der Waals surface area contributed by atoms with E-state index in [0.717, 1.165) is 41.4 Å². The maximum Gasteiger partial charge on any atom is -0.0235 e. The van der Waals surface area contributed by atoms with Crippen molar-refractivity contribution < 1.29 is 0 Å². The largest absolute Gasteiger partial charge is 0.0625 e. The van der Waals surface area contributed by atoms with Gasteiger partial charge in [-0.1, -0.05) is 54.9 Å². The summed E-state index contributed by atoms with van der Waals surface area (Å²) in [6, 6.07) is 0. The van der Waals surface area contributed by atoms with E-state index in [1.165, 1.54) is 51.4 Å². The third-order valence-electron chi connectivity index (χ3n) is 13.0. The Morgan fingerprint density at radius 2 is 1.31 bits per heavy atom. The molecule has 0 saturated heterocycles. The molecule has 5 rings (SSSR count). The van der Waals surface area contributed by atoms with Gasteiger partial charge in [0.1, 0.15) is 0 Å². The summed E-state index contributed by atoms with van der Waals surface area (Å²) in [7, 11) is 0. The Bertz CT molecular complexity index is 644. The standard InChI is InChI=1S/C29H50/c1-19(2)20-12-16-27(5)23(20)14-18-29(7)25(27)11-10-24-21-9-8-15-26(3,4)22(21)13-17-28(24,29)6/h19-25H,8-18H2,1-7H3/t20-,21+,22-,23+,24-,25-,27+,28-,29-/m1/s1. The summed E-state index contributed by atoms with van der Waals surface area (Å²) in [4.78, 5) is 0. The van der Waals surface area contributed by atoms with E-state index in [1.54, 1.807) is 19.3 Å². The molecule has 0 heteroatoms. The Morgan fingerprint density at radius 1 is 0.621 bits per heavy atom. The molecule has 29 heavy (non-hydrogen) atoms. The smallest absolute Gasteiger partial charge is 0.0235 e. The van der Waals surface area contributed by atoms with E-state index in [0.29, 0.717) is 21.7 Å². The Labute approximate surface area is 182 Å². The van der Waals surface area contributed by atoms with Gasteiger partial charge in [0.2, 0.25) is 0 Å². The summed E-state index contributed by atoms with van der Waals surface area (Å²) in [6.45, 7) is 18.6. The number of hydrogen-bond donors (Lipinski definition) is 0. The van der Waals surface area contributed by atoms with Crippen LogP contribution in [0.25, 0.3) is 0 Å². The summed E-state index contributed by atoms with van der Waals surface area (Å²) >= 11 is 0. The first-order valence-corrected chi connectivity index (χ1v) is 13.5. The van der Waals surface area contributed by atoms with Crippen LogP contribution >= 0.6 is 0 Å². The maximum atomic E-state index is 2.81. The molecule has 0 aromatic carbocycles. The van der Waals surface area contributed by atoms with Crippen molar-refractivity contribution in [2.45, 2.75) is 119 Å². The van der Waals surface area contributed by atoms with E-state index < -0.39 is 0 Å². The molecule has 0 spiro atoms. The molecule has 5 aliphatic rings. The highest BCUT2D eigenvalue weighted by Gasteiger charge is 2.68. The van der Waals surface area contributed by atoms with Gasteiger partial charge in [0.05, 0.1) is 0 Å². The molecule has 0 aromatic rings. The van der Waals surface area contributed by atoms with Gasteiger partial charge in [0, 0.05) is 0 Å².